The van der Waals surface area contributed by atoms with Crippen LogP contribution < -0.4 is 5.43 Å². The molecule has 0 aromatic carbocycles. The highest BCUT2D eigenvalue weighted by molar-refractivity contribution is 5.90. The van der Waals surface area contributed by atoms with Crippen molar-refractivity contribution in [3.05, 3.63) is 33.2 Å². The predicted molar refractivity (Wildman–Crippen MR) is 61.7 cm³/mol. The lowest BCUT2D eigenvalue weighted by Gasteiger charge is -2.08. The van der Waals surface area contributed by atoms with Crippen LogP contribution in [0.4, 0.5) is 0 Å². The molecular weight excluding hydrogens is 206 g/mol. The topological polar surface area (TPSA) is 59.2 Å². The quantitative estimate of drug-likeness (QED) is 0.793. The number of hydrogen-bond donors (Lipinski definition) is 1. The third-order valence-corrected chi connectivity index (χ3v) is 2.29. The van der Waals surface area contributed by atoms with Crippen molar-refractivity contribution in [1.29, 1.82) is 0 Å². The Bertz CT molecular complexity index is 446. The highest BCUT2D eigenvalue weighted by Gasteiger charge is 2.15. The molecule has 4 nitrogen and oxygen atoms in total. The minimum Gasteiger partial charge on any atom is -0.465 e. The van der Waals surface area contributed by atoms with Crippen molar-refractivity contribution in [2.75, 3.05) is 7.11 Å². The van der Waals surface area contributed by atoms with Crippen LogP contribution in [0.3, 0.4) is 0 Å². The highest BCUT2D eigenvalue weighted by atomic mass is 16.5. The van der Waals surface area contributed by atoms with Crippen molar-refractivity contribution in [2.45, 2.75) is 27.2 Å². The molecule has 0 atom stereocenters. The first-order valence-corrected chi connectivity index (χ1v) is 5.26. The zero-order chi connectivity index (χ0) is 12.3. The van der Waals surface area contributed by atoms with Gasteiger partial charge < -0.3 is 9.72 Å². The van der Waals surface area contributed by atoms with E-state index >= 15 is 0 Å². The van der Waals surface area contributed by atoms with E-state index in [0.29, 0.717) is 11.6 Å². The molecule has 0 saturated carbocycles. The maximum atomic E-state index is 11.7. The summed E-state index contributed by atoms with van der Waals surface area (Å²) in [7, 11) is 1.27. The van der Waals surface area contributed by atoms with Crippen LogP contribution in [0.25, 0.3) is 0 Å². The second kappa shape index (κ2) is 4.96. The van der Waals surface area contributed by atoms with E-state index in [4.69, 9.17) is 0 Å². The summed E-state index contributed by atoms with van der Waals surface area (Å²) in [6.45, 7) is 5.85. The summed E-state index contributed by atoms with van der Waals surface area (Å²) in [4.78, 5) is 26.1. The normalized spacial score (nSPS) is 10.6. The van der Waals surface area contributed by atoms with Crippen molar-refractivity contribution in [2.24, 2.45) is 5.92 Å². The summed E-state index contributed by atoms with van der Waals surface area (Å²) in [6.07, 6.45) is 0.789. The third kappa shape index (κ3) is 2.72. The van der Waals surface area contributed by atoms with Crippen LogP contribution in [-0.2, 0) is 11.2 Å². The number of hydrogen-bond acceptors (Lipinski definition) is 3. The van der Waals surface area contributed by atoms with Gasteiger partial charge in [0.15, 0.2) is 5.43 Å². The molecule has 16 heavy (non-hydrogen) atoms. The minimum absolute atomic E-state index is 0.0926. The number of H-pyrrole nitrogens is 1. The van der Waals surface area contributed by atoms with E-state index in [2.05, 4.69) is 23.6 Å². The van der Waals surface area contributed by atoms with Crippen LogP contribution in [0.2, 0.25) is 0 Å². The Labute approximate surface area is 94.6 Å². The number of esters is 1. The number of methoxy groups -OCH3 is 1. The smallest absolute Gasteiger partial charge is 0.343 e. The number of ether oxygens (including phenoxy) is 1. The molecule has 0 amide bonds. The van der Waals surface area contributed by atoms with E-state index in [1.807, 2.05) is 0 Å². The first-order valence-electron chi connectivity index (χ1n) is 5.26. The average Bonchev–Trinajstić information content (AvgIpc) is 2.15. The summed E-state index contributed by atoms with van der Waals surface area (Å²) in [5, 5.41) is 0. The standard InChI is InChI=1S/C12H17NO3/c1-7(2)5-9-6-10(14)11(8(3)13-9)12(15)16-4/h6-7H,5H2,1-4H3,(H,13,14). The van der Waals surface area contributed by atoms with Gasteiger partial charge in [-0.05, 0) is 19.3 Å². The number of carbonyl (C=O) groups is 1. The van der Waals surface area contributed by atoms with Gasteiger partial charge in [-0.1, -0.05) is 13.8 Å². The average molecular weight is 223 g/mol. The lowest BCUT2D eigenvalue weighted by Crippen LogP contribution is -2.20. The molecule has 0 aliphatic heterocycles. The Morgan fingerprint density at radius 2 is 2.12 bits per heavy atom. The van der Waals surface area contributed by atoms with Crippen LogP contribution in [0, 0.1) is 12.8 Å². The van der Waals surface area contributed by atoms with Crippen LogP contribution in [0.1, 0.15) is 35.6 Å². The van der Waals surface area contributed by atoms with Gasteiger partial charge in [-0.15, -0.1) is 0 Å². The monoisotopic (exact) mass is 223 g/mol. The maximum absolute atomic E-state index is 11.7. The molecule has 1 aromatic heterocycles. The van der Waals surface area contributed by atoms with Gasteiger partial charge >= 0.3 is 5.97 Å². The number of carbonyl (C=O) groups excluding carboxylic acids is 1. The van der Waals surface area contributed by atoms with Gasteiger partial charge in [-0.3, -0.25) is 4.79 Å². The molecule has 88 valence electrons. The van der Waals surface area contributed by atoms with Crippen LogP contribution in [0.5, 0.6) is 0 Å². The Hall–Kier alpha value is -1.58. The molecular formula is C12H17NO3. The molecule has 0 saturated heterocycles. The van der Waals surface area contributed by atoms with Gasteiger partial charge in [0, 0.05) is 17.5 Å². The molecule has 4 heteroatoms. The van der Waals surface area contributed by atoms with Crippen molar-refractivity contribution in [3.8, 4) is 0 Å². The van der Waals surface area contributed by atoms with Crippen LogP contribution in [0.15, 0.2) is 10.9 Å². The first-order chi connectivity index (χ1) is 7.45. The predicted octanol–water partition coefficient (Wildman–Crippen LogP) is 1.67. The van der Waals surface area contributed by atoms with Gasteiger partial charge in [0.2, 0.25) is 0 Å². The van der Waals surface area contributed by atoms with Crippen molar-refractivity contribution in [3.63, 3.8) is 0 Å². The van der Waals surface area contributed by atoms with E-state index in [0.717, 1.165) is 12.1 Å². The van der Waals surface area contributed by atoms with E-state index in [1.54, 1.807) is 6.92 Å². The molecule has 0 aliphatic carbocycles. The van der Waals surface area contributed by atoms with E-state index in [1.165, 1.54) is 13.2 Å². The SMILES string of the molecule is COC(=O)c1c(C)[nH]c(CC(C)C)cc1=O. The fourth-order valence-corrected chi connectivity index (χ4v) is 1.66. The summed E-state index contributed by atoms with van der Waals surface area (Å²) < 4.78 is 4.56. The lowest BCUT2D eigenvalue weighted by molar-refractivity contribution is 0.0598. The van der Waals surface area contributed by atoms with Crippen molar-refractivity contribution in [1.82, 2.24) is 4.98 Å². The maximum Gasteiger partial charge on any atom is 0.343 e. The van der Waals surface area contributed by atoms with Gasteiger partial charge in [0.1, 0.15) is 5.56 Å². The molecule has 0 fully saturated rings. The number of aromatic nitrogens is 1. The summed E-state index contributed by atoms with van der Waals surface area (Å²) in [5.41, 5.74) is 1.23. The van der Waals surface area contributed by atoms with Gasteiger partial charge in [0.05, 0.1) is 7.11 Å². The number of aryl methyl sites for hydroxylation is 1. The van der Waals surface area contributed by atoms with E-state index in [-0.39, 0.29) is 11.0 Å². The minimum atomic E-state index is -0.588. The number of nitrogens with one attached hydrogen (secondary N) is 1. The molecule has 1 heterocycles. The van der Waals surface area contributed by atoms with Gasteiger partial charge in [0.25, 0.3) is 0 Å². The van der Waals surface area contributed by atoms with E-state index < -0.39 is 5.97 Å². The second-order valence-electron chi connectivity index (χ2n) is 4.25. The largest absolute Gasteiger partial charge is 0.465 e. The molecule has 0 bridgehead atoms. The fourth-order valence-electron chi connectivity index (χ4n) is 1.66. The first kappa shape index (κ1) is 12.5. The lowest BCUT2D eigenvalue weighted by atomic mass is 10.1. The number of aromatic amines is 1. The Morgan fingerprint density at radius 3 is 2.56 bits per heavy atom. The Kier molecular flexibility index (Phi) is 3.88. The molecule has 1 N–H and O–H groups in total. The molecule has 0 spiro atoms. The third-order valence-electron chi connectivity index (χ3n) is 2.29. The highest BCUT2D eigenvalue weighted by Crippen LogP contribution is 2.07. The summed E-state index contributed by atoms with van der Waals surface area (Å²) >= 11 is 0. The number of pyridine rings is 1. The second-order valence-corrected chi connectivity index (χ2v) is 4.25. The van der Waals surface area contributed by atoms with Gasteiger partial charge in [-0.2, -0.15) is 0 Å². The van der Waals surface area contributed by atoms with Crippen molar-refractivity contribution < 1.29 is 9.53 Å². The van der Waals surface area contributed by atoms with Gasteiger partial charge in [-0.25, -0.2) is 4.79 Å². The zero-order valence-corrected chi connectivity index (χ0v) is 10.1. The Morgan fingerprint density at radius 1 is 1.50 bits per heavy atom. The molecule has 0 aliphatic rings. The molecule has 1 aromatic rings. The van der Waals surface area contributed by atoms with Crippen LogP contribution >= 0.6 is 0 Å². The molecule has 0 radical (unpaired) electrons. The Balaban J connectivity index is 3.18. The summed E-state index contributed by atoms with van der Waals surface area (Å²) in [6, 6.07) is 1.47. The number of rotatable bonds is 3. The summed E-state index contributed by atoms with van der Waals surface area (Å²) in [5.74, 6) is -0.131. The zero-order valence-electron chi connectivity index (χ0n) is 10.1. The van der Waals surface area contributed by atoms with E-state index in [9.17, 15) is 9.59 Å². The van der Waals surface area contributed by atoms with Crippen molar-refractivity contribution >= 4 is 5.97 Å². The molecule has 0 unspecified atom stereocenters. The molecule has 1 rings (SSSR count). The van der Waals surface area contributed by atoms with Crippen LogP contribution in [-0.4, -0.2) is 18.1 Å². The fraction of sp³-hybridized carbons (Fsp3) is 0.500.